The lowest BCUT2D eigenvalue weighted by Gasteiger charge is -2.06. The van der Waals surface area contributed by atoms with Gasteiger partial charge in [-0.25, -0.2) is 0 Å². The fourth-order valence-electron chi connectivity index (χ4n) is 2.79. The van der Waals surface area contributed by atoms with E-state index in [1.807, 2.05) is 36.6 Å². The first kappa shape index (κ1) is 20.4. The standard InChI is InChI=1S/C21H22N2O3S2/c1-13(2)14-8-9-17-18(11-14)28-21(23(17)12-19(24)26-3)22-20(25)15-6-5-7-16(10-15)27-4/h5-11,13H,12H2,1-4H3. The number of methoxy groups -OCH3 is 1. The molecule has 7 heteroatoms. The van der Waals surface area contributed by atoms with Gasteiger partial charge in [0.1, 0.15) is 6.54 Å². The Morgan fingerprint density at radius 2 is 2.00 bits per heavy atom. The first-order valence-corrected chi connectivity index (χ1v) is 10.9. The molecule has 1 heterocycles. The zero-order valence-corrected chi connectivity index (χ0v) is 17.9. The number of carbonyl (C=O) groups is 2. The van der Waals surface area contributed by atoms with Crippen LogP contribution in [0, 0.1) is 0 Å². The second-order valence-corrected chi connectivity index (χ2v) is 8.47. The van der Waals surface area contributed by atoms with Gasteiger partial charge < -0.3 is 9.30 Å². The van der Waals surface area contributed by atoms with Gasteiger partial charge >= 0.3 is 5.97 Å². The van der Waals surface area contributed by atoms with E-state index < -0.39 is 0 Å². The maximum Gasteiger partial charge on any atom is 0.325 e. The highest BCUT2D eigenvalue weighted by molar-refractivity contribution is 7.98. The van der Waals surface area contributed by atoms with E-state index in [2.05, 4.69) is 24.9 Å². The minimum absolute atomic E-state index is 0.00842. The van der Waals surface area contributed by atoms with Crippen molar-refractivity contribution in [3.63, 3.8) is 0 Å². The van der Waals surface area contributed by atoms with Crippen LogP contribution >= 0.6 is 23.1 Å². The van der Waals surface area contributed by atoms with Crippen molar-refractivity contribution in [1.82, 2.24) is 4.57 Å². The maximum atomic E-state index is 12.7. The van der Waals surface area contributed by atoms with E-state index in [-0.39, 0.29) is 18.4 Å². The molecule has 0 spiro atoms. The van der Waals surface area contributed by atoms with Crippen molar-refractivity contribution in [2.75, 3.05) is 13.4 Å². The number of rotatable bonds is 5. The van der Waals surface area contributed by atoms with Crippen LogP contribution in [-0.4, -0.2) is 29.8 Å². The molecule has 0 aliphatic heterocycles. The fourth-order valence-corrected chi connectivity index (χ4v) is 4.32. The van der Waals surface area contributed by atoms with E-state index in [1.165, 1.54) is 24.0 Å². The first-order chi connectivity index (χ1) is 13.4. The second kappa shape index (κ2) is 8.75. The minimum Gasteiger partial charge on any atom is -0.468 e. The number of carbonyl (C=O) groups excluding carboxylic acids is 2. The summed E-state index contributed by atoms with van der Waals surface area (Å²) in [6.45, 7) is 4.27. The Bertz CT molecular complexity index is 1100. The summed E-state index contributed by atoms with van der Waals surface area (Å²) in [4.78, 5) is 30.5. The van der Waals surface area contributed by atoms with Crippen LogP contribution in [0.2, 0.25) is 0 Å². The molecule has 5 nitrogen and oxygen atoms in total. The fraction of sp³-hybridized carbons (Fsp3) is 0.286. The van der Waals surface area contributed by atoms with E-state index in [0.717, 1.165) is 15.1 Å². The number of hydrogen-bond acceptors (Lipinski definition) is 5. The predicted octanol–water partition coefficient (Wildman–Crippen LogP) is 4.46. The third-order valence-corrected chi connectivity index (χ3v) is 6.17. The summed E-state index contributed by atoms with van der Waals surface area (Å²) in [5, 5.41) is 0. The van der Waals surface area contributed by atoms with E-state index in [1.54, 1.807) is 22.4 Å². The maximum absolute atomic E-state index is 12.7. The highest BCUT2D eigenvalue weighted by Crippen LogP contribution is 2.24. The average Bonchev–Trinajstić information content (AvgIpc) is 3.03. The Hall–Kier alpha value is -2.38. The highest BCUT2D eigenvalue weighted by Gasteiger charge is 2.14. The van der Waals surface area contributed by atoms with Crippen LogP contribution in [-0.2, 0) is 16.1 Å². The monoisotopic (exact) mass is 414 g/mol. The number of ether oxygens (including phenoxy) is 1. The smallest absolute Gasteiger partial charge is 0.325 e. The molecule has 0 radical (unpaired) electrons. The second-order valence-electron chi connectivity index (χ2n) is 6.58. The van der Waals surface area contributed by atoms with Gasteiger partial charge in [-0.1, -0.05) is 37.3 Å². The van der Waals surface area contributed by atoms with Gasteiger partial charge in [-0.2, -0.15) is 4.99 Å². The zero-order valence-electron chi connectivity index (χ0n) is 16.3. The van der Waals surface area contributed by atoms with Crippen molar-refractivity contribution in [2.45, 2.75) is 31.2 Å². The van der Waals surface area contributed by atoms with Crippen LogP contribution in [0.1, 0.15) is 35.7 Å². The lowest BCUT2D eigenvalue weighted by atomic mass is 10.0. The van der Waals surface area contributed by atoms with Gasteiger partial charge in [0.15, 0.2) is 4.80 Å². The third-order valence-electron chi connectivity index (χ3n) is 4.40. The summed E-state index contributed by atoms with van der Waals surface area (Å²) in [7, 11) is 1.35. The van der Waals surface area contributed by atoms with E-state index in [0.29, 0.717) is 16.3 Å². The van der Waals surface area contributed by atoms with Gasteiger partial charge in [-0.05, 0) is 48.1 Å². The van der Waals surface area contributed by atoms with Gasteiger partial charge in [0.05, 0.1) is 17.3 Å². The molecule has 1 aromatic heterocycles. The highest BCUT2D eigenvalue weighted by atomic mass is 32.2. The molecule has 0 N–H and O–H groups in total. The number of benzene rings is 2. The van der Waals surface area contributed by atoms with E-state index in [9.17, 15) is 9.59 Å². The number of aromatic nitrogens is 1. The van der Waals surface area contributed by atoms with Crippen LogP contribution < -0.4 is 4.80 Å². The van der Waals surface area contributed by atoms with Crippen molar-refractivity contribution in [1.29, 1.82) is 0 Å². The largest absolute Gasteiger partial charge is 0.468 e. The van der Waals surface area contributed by atoms with Gasteiger partial charge in [0, 0.05) is 10.5 Å². The van der Waals surface area contributed by atoms with Crippen LogP contribution in [0.4, 0.5) is 0 Å². The molecule has 0 atom stereocenters. The molecule has 0 saturated carbocycles. The Balaban J connectivity index is 2.13. The number of esters is 1. The van der Waals surface area contributed by atoms with Crippen LogP contribution in [0.5, 0.6) is 0 Å². The molecule has 0 saturated heterocycles. The summed E-state index contributed by atoms with van der Waals surface area (Å²) in [5.41, 5.74) is 2.59. The number of amides is 1. The van der Waals surface area contributed by atoms with Gasteiger partial charge in [-0.3, -0.25) is 9.59 Å². The molecule has 146 valence electrons. The van der Waals surface area contributed by atoms with Gasteiger partial charge in [0.25, 0.3) is 5.91 Å². The van der Waals surface area contributed by atoms with Gasteiger partial charge in [-0.15, -0.1) is 11.8 Å². The summed E-state index contributed by atoms with van der Waals surface area (Å²) in [5.74, 6) is -0.326. The normalized spacial score (nSPS) is 12.0. The Kier molecular flexibility index (Phi) is 6.36. The Morgan fingerprint density at radius 3 is 2.68 bits per heavy atom. The quantitative estimate of drug-likeness (QED) is 0.457. The van der Waals surface area contributed by atoms with Crippen molar-refractivity contribution in [3.05, 3.63) is 58.4 Å². The van der Waals surface area contributed by atoms with Crippen molar-refractivity contribution in [2.24, 2.45) is 4.99 Å². The summed E-state index contributed by atoms with van der Waals surface area (Å²) in [6.07, 6.45) is 1.96. The lowest BCUT2D eigenvalue weighted by Crippen LogP contribution is -2.22. The Labute approximate surface area is 172 Å². The Morgan fingerprint density at radius 1 is 1.21 bits per heavy atom. The van der Waals surface area contributed by atoms with Gasteiger partial charge in [0.2, 0.25) is 0 Å². The third kappa shape index (κ3) is 4.36. The van der Waals surface area contributed by atoms with Crippen LogP contribution in [0.3, 0.4) is 0 Å². The van der Waals surface area contributed by atoms with Crippen molar-refractivity contribution < 1.29 is 14.3 Å². The number of thiazole rings is 1. The molecule has 0 unspecified atom stereocenters. The van der Waals surface area contributed by atoms with Crippen LogP contribution in [0.25, 0.3) is 10.2 Å². The van der Waals surface area contributed by atoms with Crippen LogP contribution in [0.15, 0.2) is 52.4 Å². The summed E-state index contributed by atoms with van der Waals surface area (Å²) < 4.78 is 7.55. The molecule has 1 amide bonds. The molecule has 0 bridgehead atoms. The molecule has 0 fully saturated rings. The average molecular weight is 415 g/mol. The molecular weight excluding hydrogens is 392 g/mol. The molecule has 3 aromatic rings. The molecule has 28 heavy (non-hydrogen) atoms. The summed E-state index contributed by atoms with van der Waals surface area (Å²) >= 11 is 2.97. The first-order valence-electron chi connectivity index (χ1n) is 8.86. The zero-order chi connectivity index (χ0) is 20.3. The van der Waals surface area contributed by atoms with Crippen molar-refractivity contribution in [3.8, 4) is 0 Å². The van der Waals surface area contributed by atoms with Crippen molar-refractivity contribution >= 4 is 45.2 Å². The number of hydrogen-bond donors (Lipinski definition) is 0. The topological polar surface area (TPSA) is 60.7 Å². The molecule has 2 aromatic carbocycles. The molecule has 0 aliphatic rings. The minimum atomic E-state index is -0.383. The lowest BCUT2D eigenvalue weighted by molar-refractivity contribution is -0.141. The molecule has 0 aliphatic carbocycles. The number of fused-ring (bicyclic) bond motifs is 1. The number of nitrogens with zero attached hydrogens (tertiary/aromatic N) is 2. The number of thioether (sulfide) groups is 1. The SMILES string of the molecule is COC(=O)Cn1c(=NC(=O)c2cccc(SC)c2)sc2cc(C(C)C)ccc21. The van der Waals surface area contributed by atoms with E-state index in [4.69, 9.17) is 4.74 Å². The molecular formula is C21H22N2O3S2. The predicted molar refractivity (Wildman–Crippen MR) is 114 cm³/mol. The summed E-state index contributed by atoms with van der Waals surface area (Å²) in [6, 6.07) is 13.5. The van der Waals surface area contributed by atoms with E-state index >= 15 is 0 Å². The molecule has 3 rings (SSSR count).